The number of hydrogen-bond donors (Lipinski definition) is 2. The minimum Gasteiger partial charge on any atom is -0.369 e. The van der Waals surface area contributed by atoms with Gasteiger partial charge in [-0.1, -0.05) is 0 Å². The Morgan fingerprint density at radius 3 is 2.27 bits per heavy atom. The van der Waals surface area contributed by atoms with E-state index in [1.165, 1.54) is 0 Å². The lowest BCUT2D eigenvalue weighted by Gasteiger charge is -2.25. The molecule has 1 fully saturated rings. The maximum Gasteiger partial charge on any atom is 0.220 e. The first-order valence-electron chi connectivity index (χ1n) is 3.89. The third-order valence-corrected chi connectivity index (χ3v) is 3.16. The zero-order valence-corrected chi connectivity index (χ0v) is 8.50. The van der Waals surface area contributed by atoms with Crippen molar-refractivity contribution in [2.75, 3.05) is 0 Å². The van der Waals surface area contributed by atoms with E-state index in [4.69, 9.17) is 5.73 Å². The largest absolute Gasteiger partial charge is 0.369 e. The van der Waals surface area contributed by atoms with Crippen molar-refractivity contribution >= 4 is 28.8 Å². The van der Waals surface area contributed by atoms with E-state index in [2.05, 4.69) is 26.4 Å². The van der Waals surface area contributed by atoms with Crippen molar-refractivity contribution in [1.82, 2.24) is 3.53 Å². The van der Waals surface area contributed by atoms with E-state index < -0.39 is 0 Å². The maximum atomic E-state index is 10.7. The van der Waals surface area contributed by atoms with Crippen molar-refractivity contribution in [3.05, 3.63) is 0 Å². The summed E-state index contributed by atoms with van der Waals surface area (Å²) in [5.41, 5.74) is 5.19. The molecule has 64 valence electrons. The number of carbonyl (C=O) groups is 1. The Morgan fingerprint density at radius 2 is 1.91 bits per heavy atom. The SMILES string of the molecule is NC(=O)[C@H]1CC[C@H](NI)CC1. The summed E-state index contributed by atoms with van der Waals surface area (Å²) in [5.74, 6) is 0.00732. The van der Waals surface area contributed by atoms with Gasteiger partial charge in [-0.2, -0.15) is 0 Å². The molecule has 1 aliphatic rings. The predicted molar refractivity (Wildman–Crippen MR) is 52.1 cm³/mol. The van der Waals surface area contributed by atoms with E-state index in [9.17, 15) is 4.79 Å². The topological polar surface area (TPSA) is 55.1 Å². The molecule has 0 unspecified atom stereocenters. The fourth-order valence-corrected chi connectivity index (χ4v) is 2.11. The fraction of sp³-hybridized carbons (Fsp3) is 0.857. The third-order valence-electron chi connectivity index (χ3n) is 2.28. The van der Waals surface area contributed by atoms with Crippen LogP contribution in [-0.4, -0.2) is 11.9 Å². The Morgan fingerprint density at radius 1 is 1.36 bits per heavy atom. The van der Waals surface area contributed by atoms with Crippen molar-refractivity contribution in [2.24, 2.45) is 11.7 Å². The number of halogens is 1. The van der Waals surface area contributed by atoms with Crippen LogP contribution in [-0.2, 0) is 4.79 Å². The number of rotatable bonds is 2. The Hall–Kier alpha value is 0.160. The molecule has 0 aromatic rings. The van der Waals surface area contributed by atoms with Gasteiger partial charge in [0.2, 0.25) is 5.91 Å². The van der Waals surface area contributed by atoms with Crippen LogP contribution in [0.3, 0.4) is 0 Å². The van der Waals surface area contributed by atoms with Crippen LogP contribution in [0, 0.1) is 5.92 Å². The molecule has 0 bridgehead atoms. The monoisotopic (exact) mass is 268 g/mol. The van der Waals surface area contributed by atoms with Crippen LogP contribution in [0.2, 0.25) is 0 Å². The van der Waals surface area contributed by atoms with Crippen molar-refractivity contribution in [1.29, 1.82) is 0 Å². The quantitative estimate of drug-likeness (QED) is 0.579. The highest BCUT2D eigenvalue weighted by Gasteiger charge is 2.23. The van der Waals surface area contributed by atoms with E-state index in [1.54, 1.807) is 0 Å². The number of primary amides is 1. The minimum absolute atomic E-state index is 0.128. The average molecular weight is 268 g/mol. The summed E-state index contributed by atoms with van der Waals surface area (Å²) in [6.07, 6.45) is 4.07. The molecule has 11 heavy (non-hydrogen) atoms. The van der Waals surface area contributed by atoms with Gasteiger partial charge in [0.15, 0.2) is 0 Å². The lowest BCUT2D eigenvalue weighted by Crippen LogP contribution is -2.32. The van der Waals surface area contributed by atoms with Crippen LogP contribution >= 0.6 is 22.9 Å². The highest BCUT2D eigenvalue weighted by atomic mass is 127. The van der Waals surface area contributed by atoms with Crippen LogP contribution in [0.25, 0.3) is 0 Å². The lowest BCUT2D eigenvalue weighted by atomic mass is 9.86. The van der Waals surface area contributed by atoms with Gasteiger partial charge in [0.25, 0.3) is 0 Å². The number of carbonyl (C=O) groups excluding carboxylic acids is 1. The van der Waals surface area contributed by atoms with Crippen molar-refractivity contribution in [2.45, 2.75) is 31.7 Å². The minimum atomic E-state index is -0.128. The molecule has 4 heteroatoms. The fourth-order valence-electron chi connectivity index (χ4n) is 1.49. The van der Waals surface area contributed by atoms with Crippen molar-refractivity contribution in [3.63, 3.8) is 0 Å². The van der Waals surface area contributed by atoms with E-state index in [-0.39, 0.29) is 11.8 Å². The predicted octanol–water partition coefficient (Wildman–Crippen LogP) is 0.970. The normalized spacial score (nSPS) is 31.7. The summed E-state index contributed by atoms with van der Waals surface area (Å²) in [6.45, 7) is 0. The summed E-state index contributed by atoms with van der Waals surface area (Å²) in [5, 5.41) is 0. The van der Waals surface area contributed by atoms with E-state index in [1.807, 2.05) is 0 Å². The zero-order chi connectivity index (χ0) is 8.27. The lowest BCUT2D eigenvalue weighted by molar-refractivity contribution is -0.122. The molecular weight excluding hydrogens is 255 g/mol. The molecule has 1 amide bonds. The number of nitrogens with two attached hydrogens (primary N) is 1. The van der Waals surface area contributed by atoms with Crippen LogP contribution in [0.15, 0.2) is 0 Å². The molecule has 1 saturated carbocycles. The van der Waals surface area contributed by atoms with Gasteiger partial charge >= 0.3 is 0 Å². The molecule has 3 N–H and O–H groups in total. The van der Waals surface area contributed by atoms with E-state index in [0.29, 0.717) is 6.04 Å². The van der Waals surface area contributed by atoms with Crippen LogP contribution in [0.5, 0.6) is 0 Å². The molecule has 0 atom stereocenters. The molecule has 1 rings (SSSR count). The molecule has 3 nitrogen and oxygen atoms in total. The molecule has 0 aromatic heterocycles. The van der Waals surface area contributed by atoms with Crippen LogP contribution in [0.1, 0.15) is 25.7 Å². The second-order valence-corrected chi connectivity index (χ2v) is 3.68. The number of nitrogens with one attached hydrogen (secondary N) is 1. The highest BCUT2D eigenvalue weighted by molar-refractivity contribution is 14.1. The first-order chi connectivity index (χ1) is 5.24. The Labute approximate surface area is 80.6 Å². The van der Waals surface area contributed by atoms with E-state index in [0.717, 1.165) is 25.7 Å². The summed E-state index contributed by atoms with van der Waals surface area (Å²) < 4.78 is 3.18. The maximum absolute atomic E-state index is 10.7. The molecule has 0 saturated heterocycles. The van der Waals surface area contributed by atoms with E-state index >= 15 is 0 Å². The summed E-state index contributed by atoms with van der Waals surface area (Å²) in [6, 6.07) is 0.589. The average Bonchev–Trinajstić information content (AvgIpc) is 2.05. The molecule has 0 spiro atoms. The third kappa shape index (κ3) is 2.59. The summed E-state index contributed by atoms with van der Waals surface area (Å²) >= 11 is 2.16. The molecule has 0 radical (unpaired) electrons. The Balaban J connectivity index is 2.30. The Bertz CT molecular complexity index is 143. The van der Waals surface area contributed by atoms with Crippen LogP contribution < -0.4 is 9.26 Å². The zero-order valence-electron chi connectivity index (χ0n) is 6.35. The second-order valence-electron chi connectivity index (χ2n) is 3.06. The van der Waals surface area contributed by atoms with Crippen LogP contribution in [0.4, 0.5) is 0 Å². The molecule has 0 aromatic carbocycles. The van der Waals surface area contributed by atoms with Gasteiger partial charge in [0.1, 0.15) is 0 Å². The molecular formula is C7H13IN2O. The van der Waals surface area contributed by atoms with Gasteiger partial charge in [-0.25, -0.2) is 0 Å². The smallest absolute Gasteiger partial charge is 0.220 e. The van der Waals surface area contributed by atoms with Gasteiger partial charge in [-0.3, -0.25) is 8.32 Å². The molecule has 0 heterocycles. The molecule has 1 aliphatic carbocycles. The Kier molecular flexibility index (Phi) is 3.58. The van der Waals surface area contributed by atoms with Gasteiger partial charge in [-0.15, -0.1) is 0 Å². The van der Waals surface area contributed by atoms with Gasteiger partial charge in [0.05, 0.1) is 0 Å². The number of hydrogen-bond acceptors (Lipinski definition) is 2. The van der Waals surface area contributed by atoms with Crippen molar-refractivity contribution < 1.29 is 4.79 Å². The number of amides is 1. The first-order valence-corrected chi connectivity index (χ1v) is 4.97. The summed E-state index contributed by atoms with van der Waals surface area (Å²) in [4.78, 5) is 10.7. The first kappa shape index (κ1) is 9.25. The summed E-state index contributed by atoms with van der Waals surface area (Å²) in [7, 11) is 0. The van der Waals surface area contributed by atoms with Gasteiger partial charge < -0.3 is 5.73 Å². The second kappa shape index (κ2) is 4.25. The van der Waals surface area contributed by atoms with Crippen molar-refractivity contribution in [3.8, 4) is 0 Å². The van der Waals surface area contributed by atoms with Gasteiger partial charge in [0, 0.05) is 34.8 Å². The highest BCUT2D eigenvalue weighted by Crippen LogP contribution is 2.24. The standard InChI is InChI=1S/C7H13IN2O/c8-10-6-3-1-5(2-4-6)7(9)11/h5-6,10H,1-4H2,(H2,9,11)/t5-,6-. The molecule has 0 aliphatic heterocycles. The van der Waals surface area contributed by atoms with Gasteiger partial charge in [-0.05, 0) is 25.7 Å².